The number of amides is 2. The van der Waals surface area contributed by atoms with Gasteiger partial charge in [-0.1, -0.05) is 0 Å². The van der Waals surface area contributed by atoms with Crippen molar-refractivity contribution in [1.29, 1.82) is 0 Å². The molecular formula is C23H20N4O3. The van der Waals surface area contributed by atoms with Gasteiger partial charge in [-0.3, -0.25) is 19.4 Å². The number of aromatic nitrogens is 2. The number of hydrogen-bond donors (Lipinski definition) is 1. The van der Waals surface area contributed by atoms with Crippen LogP contribution in [0.1, 0.15) is 56.2 Å². The smallest absolute Gasteiger partial charge is 0.275 e. The number of anilines is 2. The quantitative estimate of drug-likeness (QED) is 0.729. The van der Waals surface area contributed by atoms with E-state index in [9.17, 15) is 14.4 Å². The fourth-order valence-corrected chi connectivity index (χ4v) is 4.25. The van der Waals surface area contributed by atoms with E-state index in [2.05, 4.69) is 10.3 Å². The molecule has 30 heavy (non-hydrogen) atoms. The average molecular weight is 400 g/mol. The van der Waals surface area contributed by atoms with Gasteiger partial charge < -0.3 is 14.8 Å². The molecule has 0 bridgehead atoms. The molecule has 0 spiro atoms. The molecule has 3 aromatic rings. The van der Waals surface area contributed by atoms with E-state index in [0.29, 0.717) is 36.3 Å². The highest BCUT2D eigenvalue weighted by atomic mass is 16.2. The van der Waals surface area contributed by atoms with Gasteiger partial charge in [0.25, 0.3) is 11.8 Å². The Labute approximate surface area is 173 Å². The number of carbonyl (C=O) groups is 3. The van der Waals surface area contributed by atoms with Crippen molar-refractivity contribution >= 4 is 29.0 Å². The summed E-state index contributed by atoms with van der Waals surface area (Å²) in [5, 5.41) is 2.80. The first-order valence-corrected chi connectivity index (χ1v) is 9.93. The Kier molecular flexibility index (Phi) is 4.24. The lowest BCUT2D eigenvalue weighted by Gasteiger charge is -2.33. The molecule has 2 aromatic heterocycles. The van der Waals surface area contributed by atoms with Gasteiger partial charge in [-0.15, -0.1) is 0 Å². The summed E-state index contributed by atoms with van der Waals surface area (Å²) in [7, 11) is 0. The number of ketones is 1. The van der Waals surface area contributed by atoms with Crippen molar-refractivity contribution in [3.8, 4) is 0 Å². The van der Waals surface area contributed by atoms with E-state index in [4.69, 9.17) is 0 Å². The maximum atomic E-state index is 13.4. The molecule has 1 atom stereocenters. The fourth-order valence-electron chi connectivity index (χ4n) is 4.25. The van der Waals surface area contributed by atoms with Gasteiger partial charge >= 0.3 is 0 Å². The van der Waals surface area contributed by atoms with E-state index in [1.165, 1.54) is 0 Å². The maximum absolute atomic E-state index is 13.4. The largest absolute Gasteiger partial charge is 0.338 e. The Morgan fingerprint density at radius 1 is 1.17 bits per heavy atom. The topological polar surface area (TPSA) is 84.3 Å². The number of benzene rings is 1. The molecule has 0 unspecified atom stereocenters. The summed E-state index contributed by atoms with van der Waals surface area (Å²) < 4.78 is 1.86. The third-order valence-electron chi connectivity index (χ3n) is 5.77. The Bertz CT molecular complexity index is 1180. The van der Waals surface area contributed by atoms with Gasteiger partial charge in [-0.05, 0) is 55.3 Å². The molecule has 7 heteroatoms. The number of carbonyl (C=O) groups excluding carboxylic acids is 3. The molecule has 3 heterocycles. The SMILES string of the molecule is C[C@H]1CN(c2ccc3c(c2)CCC3=O)C(=O)c2c(C(=O)Nc3cccnc3)ccn21. The number of nitrogens with zero attached hydrogens (tertiary/aromatic N) is 3. The molecule has 0 saturated carbocycles. The van der Waals surface area contributed by atoms with Crippen molar-refractivity contribution in [2.45, 2.75) is 25.8 Å². The first-order valence-electron chi connectivity index (χ1n) is 9.93. The summed E-state index contributed by atoms with van der Waals surface area (Å²) in [6.07, 6.45) is 6.19. The summed E-state index contributed by atoms with van der Waals surface area (Å²) in [4.78, 5) is 43.9. The minimum Gasteiger partial charge on any atom is -0.338 e. The van der Waals surface area contributed by atoms with Crippen LogP contribution < -0.4 is 10.2 Å². The monoisotopic (exact) mass is 400 g/mol. The third kappa shape index (κ3) is 2.90. The third-order valence-corrected chi connectivity index (χ3v) is 5.77. The lowest BCUT2D eigenvalue weighted by molar-refractivity contribution is 0.0942. The van der Waals surface area contributed by atoms with Crippen molar-refractivity contribution in [2.75, 3.05) is 16.8 Å². The first-order chi connectivity index (χ1) is 14.5. The standard InChI is InChI=1S/C23H20N4O3/c1-14-13-27(17-5-6-18-15(11-17)4-7-20(18)28)23(30)21-19(8-10-26(14)21)22(29)25-16-3-2-9-24-12-16/h2-3,5-6,8-12,14H,4,7,13H2,1H3,(H,25,29)/t14-/m0/s1. The molecule has 1 N–H and O–H groups in total. The van der Waals surface area contributed by atoms with E-state index in [1.54, 1.807) is 41.7 Å². The van der Waals surface area contributed by atoms with Crippen molar-refractivity contribution in [1.82, 2.24) is 9.55 Å². The Morgan fingerprint density at radius 3 is 2.83 bits per heavy atom. The number of rotatable bonds is 3. The number of hydrogen-bond acceptors (Lipinski definition) is 4. The number of aryl methyl sites for hydroxylation is 1. The molecule has 0 fully saturated rings. The minimum absolute atomic E-state index is 0.00697. The van der Waals surface area contributed by atoms with Gasteiger partial charge in [0.15, 0.2) is 5.78 Å². The first kappa shape index (κ1) is 18.3. The van der Waals surface area contributed by atoms with Gasteiger partial charge in [-0.2, -0.15) is 0 Å². The summed E-state index contributed by atoms with van der Waals surface area (Å²) in [5.74, 6) is -0.421. The molecule has 1 aliphatic heterocycles. The summed E-state index contributed by atoms with van der Waals surface area (Å²) >= 11 is 0. The molecule has 2 amide bonds. The highest BCUT2D eigenvalue weighted by Gasteiger charge is 2.34. The minimum atomic E-state index is -0.348. The zero-order chi connectivity index (χ0) is 20.8. The summed E-state index contributed by atoms with van der Waals surface area (Å²) in [6, 6.07) is 10.7. The molecule has 1 aromatic carbocycles. The zero-order valence-corrected chi connectivity index (χ0v) is 16.5. The Morgan fingerprint density at radius 2 is 2.03 bits per heavy atom. The second kappa shape index (κ2) is 6.95. The van der Waals surface area contributed by atoms with Crippen LogP contribution in [0.4, 0.5) is 11.4 Å². The predicted molar refractivity (Wildman–Crippen MR) is 112 cm³/mol. The van der Waals surface area contributed by atoms with Gasteiger partial charge in [-0.25, -0.2) is 0 Å². The number of nitrogens with one attached hydrogen (secondary N) is 1. The van der Waals surface area contributed by atoms with Crippen molar-refractivity contribution < 1.29 is 14.4 Å². The van der Waals surface area contributed by atoms with Crippen LogP contribution in [-0.2, 0) is 6.42 Å². The van der Waals surface area contributed by atoms with Crippen LogP contribution in [0.25, 0.3) is 0 Å². The second-order valence-corrected chi connectivity index (χ2v) is 7.71. The highest BCUT2D eigenvalue weighted by Crippen LogP contribution is 2.32. The molecule has 0 saturated heterocycles. The fraction of sp³-hybridized carbons (Fsp3) is 0.217. The van der Waals surface area contributed by atoms with E-state index in [1.807, 2.05) is 29.7 Å². The van der Waals surface area contributed by atoms with Crippen LogP contribution in [0.15, 0.2) is 55.0 Å². The van der Waals surface area contributed by atoms with Crippen LogP contribution in [0.5, 0.6) is 0 Å². The second-order valence-electron chi connectivity index (χ2n) is 7.71. The number of pyridine rings is 1. The molecule has 2 aliphatic rings. The van der Waals surface area contributed by atoms with E-state index >= 15 is 0 Å². The van der Waals surface area contributed by atoms with E-state index in [0.717, 1.165) is 16.8 Å². The molecule has 1 aliphatic carbocycles. The van der Waals surface area contributed by atoms with E-state index < -0.39 is 0 Å². The number of fused-ring (bicyclic) bond motifs is 2. The van der Waals surface area contributed by atoms with Gasteiger partial charge in [0, 0.05) is 42.7 Å². The van der Waals surface area contributed by atoms with Crippen molar-refractivity contribution in [3.63, 3.8) is 0 Å². The van der Waals surface area contributed by atoms with Crippen LogP contribution in [0.2, 0.25) is 0 Å². The van der Waals surface area contributed by atoms with E-state index in [-0.39, 0.29) is 23.6 Å². The molecule has 0 radical (unpaired) electrons. The number of Topliss-reactive ketones (excluding diaryl/α,β-unsaturated/α-hetero) is 1. The molecule has 7 nitrogen and oxygen atoms in total. The predicted octanol–water partition coefficient (Wildman–Crippen LogP) is 3.49. The van der Waals surface area contributed by atoms with Crippen LogP contribution >= 0.6 is 0 Å². The summed E-state index contributed by atoms with van der Waals surface area (Å²) in [5.41, 5.74) is 3.75. The zero-order valence-electron chi connectivity index (χ0n) is 16.5. The summed E-state index contributed by atoms with van der Waals surface area (Å²) in [6.45, 7) is 2.51. The van der Waals surface area contributed by atoms with Gasteiger partial charge in [0.05, 0.1) is 17.4 Å². The normalized spacial score (nSPS) is 17.6. The maximum Gasteiger partial charge on any atom is 0.275 e. The highest BCUT2D eigenvalue weighted by molar-refractivity contribution is 6.16. The van der Waals surface area contributed by atoms with Gasteiger partial charge in [0.2, 0.25) is 0 Å². The molecule has 150 valence electrons. The average Bonchev–Trinajstić information content (AvgIpc) is 3.36. The van der Waals surface area contributed by atoms with Crippen molar-refractivity contribution in [2.24, 2.45) is 0 Å². The Balaban J connectivity index is 1.49. The molecular weight excluding hydrogens is 380 g/mol. The van der Waals surface area contributed by atoms with Crippen molar-refractivity contribution in [3.05, 3.63) is 77.4 Å². The van der Waals surface area contributed by atoms with Crippen LogP contribution in [0, 0.1) is 0 Å². The van der Waals surface area contributed by atoms with Crippen LogP contribution in [-0.4, -0.2) is 33.7 Å². The van der Waals surface area contributed by atoms with Crippen LogP contribution in [0.3, 0.4) is 0 Å². The molecule has 5 rings (SSSR count). The lowest BCUT2D eigenvalue weighted by Crippen LogP contribution is -2.43. The Hall–Kier alpha value is -3.74. The lowest BCUT2D eigenvalue weighted by atomic mass is 10.1. The van der Waals surface area contributed by atoms with Gasteiger partial charge in [0.1, 0.15) is 5.69 Å².